The highest BCUT2D eigenvalue weighted by molar-refractivity contribution is 7.90. The summed E-state index contributed by atoms with van der Waals surface area (Å²) in [7, 11) is -3.22. The van der Waals surface area contributed by atoms with Crippen LogP contribution in [0.1, 0.15) is 30.0 Å². The summed E-state index contributed by atoms with van der Waals surface area (Å²) in [6, 6.07) is 17.2. The lowest BCUT2D eigenvalue weighted by molar-refractivity contribution is 0.108. The molecule has 4 nitrogen and oxygen atoms in total. The van der Waals surface area contributed by atoms with Crippen molar-refractivity contribution < 1.29 is 13.2 Å². The monoisotopic (exact) mass is 345 g/mol. The summed E-state index contributed by atoms with van der Waals surface area (Å²) in [5.41, 5.74) is 2.06. The summed E-state index contributed by atoms with van der Waals surface area (Å²) in [4.78, 5) is 0.347. The van der Waals surface area contributed by atoms with Crippen molar-refractivity contribution >= 4 is 9.84 Å². The summed E-state index contributed by atoms with van der Waals surface area (Å²) in [6.07, 6.45) is 3.64. The van der Waals surface area contributed by atoms with E-state index in [1.54, 1.807) is 18.2 Å². The number of hydrogen-bond acceptors (Lipinski definition) is 4. The molecule has 2 atom stereocenters. The third-order valence-electron chi connectivity index (χ3n) is 4.33. The van der Waals surface area contributed by atoms with Crippen LogP contribution >= 0.6 is 0 Å². The van der Waals surface area contributed by atoms with Crippen LogP contribution in [0.5, 0.6) is 0 Å². The third-order valence-corrected chi connectivity index (χ3v) is 5.44. The molecule has 3 rings (SSSR count). The molecule has 1 heterocycles. The van der Waals surface area contributed by atoms with Crippen molar-refractivity contribution in [1.82, 2.24) is 5.32 Å². The van der Waals surface area contributed by atoms with Crippen LogP contribution in [0.3, 0.4) is 0 Å². The van der Waals surface area contributed by atoms with Crippen LogP contribution in [0.25, 0.3) is 0 Å². The first-order chi connectivity index (χ1) is 11.5. The van der Waals surface area contributed by atoms with Gasteiger partial charge in [0.2, 0.25) is 0 Å². The fraction of sp³-hybridized carbons (Fsp3) is 0.368. The Kier molecular flexibility index (Phi) is 5.33. The van der Waals surface area contributed by atoms with E-state index in [2.05, 4.69) is 17.4 Å². The molecule has 0 radical (unpaired) electrons. The number of sulfone groups is 1. The van der Waals surface area contributed by atoms with Gasteiger partial charge in [-0.2, -0.15) is 0 Å². The van der Waals surface area contributed by atoms with E-state index in [-0.39, 0.29) is 12.1 Å². The molecule has 2 aromatic carbocycles. The van der Waals surface area contributed by atoms with Gasteiger partial charge >= 0.3 is 0 Å². The van der Waals surface area contributed by atoms with E-state index in [1.807, 2.05) is 24.3 Å². The number of hydrogen-bond donors (Lipinski definition) is 1. The van der Waals surface area contributed by atoms with Gasteiger partial charge in [0.05, 0.1) is 17.0 Å². The van der Waals surface area contributed by atoms with Gasteiger partial charge in [-0.15, -0.1) is 0 Å². The lowest BCUT2D eigenvalue weighted by Crippen LogP contribution is -2.30. The molecule has 128 valence electrons. The van der Waals surface area contributed by atoms with Crippen molar-refractivity contribution in [2.75, 3.05) is 19.4 Å². The standard InChI is InChI=1S/C19H23NO3S/c1-24(21,22)18-11-5-9-16(13-18)19(15-7-3-2-4-8-15)20-14-17-10-6-12-23-17/h2-5,7-9,11,13,17,19-20H,6,10,12,14H2,1H3/t17-,19+/m1/s1. The van der Waals surface area contributed by atoms with Crippen LogP contribution in [0.15, 0.2) is 59.5 Å². The molecule has 1 fully saturated rings. The topological polar surface area (TPSA) is 55.4 Å². The Labute approximate surface area is 143 Å². The first-order valence-corrected chi connectivity index (χ1v) is 10.1. The van der Waals surface area contributed by atoms with Crippen molar-refractivity contribution in [2.45, 2.75) is 29.9 Å². The molecular formula is C19H23NO3S. The quantitative estimate of drug-likeness (QED) is 0.874. The normalized spacial score (nSPS) is 19.3. The average Bonchev–Trinajstić information content (AvgIpc) is 3.09. The van der Waals surface area contributed by atoms with Gasteiger partial charge in [0.15, 0.2) is 9.84 Å². The molecule has 2 aromatic rings. The molecule has 0 spiro atoms. The lowest BCUT2D eigenvalue weighted by atomic mass is 9.98. The molecule has 1 aliphatic heterocycles. The van der Waals surface area contributed by atoms with Gasteiger partial charge in [-0.1, -0.05) is 42.5 Å². The predicted molar refractivity (Wildman–Crippen MR) is 94.8 cm³/mol. The van der Waals surface area contributed by atoms with E-state index in [1.165, 1.54) is 6.26 Å². The van der Waals surface area contributed by atoms with E-state index in [0.717, 1.165) is 37.1 Å². The fourth-order valence-corrected chi connectivity index (χ4v) is 3.73. The zero-order chi connectivity index (χ0) is 17.0. The molecule has 0 saturated carbocycles. The molecular weight excluding hydrogens is 322 g/mol. The van der Waals surface area contributed by atoms with Crippen molar-refractivity contribution in [1.29, 1.82) is 0 Å². The summed E-state index contributed by atoms with van der Waals surface area (Å²) >= 11 is 0. The molecule has 0 bridgehead atoms. The maximum Gasteiger partial charge on any atom is 0.175 e. The summed E-state index contributed by atoms with van der Waals surface area (Å²) in [5, 5.41) is 3.55. The third kappa shape index (κ3) is 4.23. The van der Waals surface area contributed by atoms with Crippen LogP contribution in [-0.4, -0.2) is 33.9 Å². The molecule has 5 heteroatoms. The van der Waals surface area contributed by atoms with E-state index < -0.39 is 9.84 Å². The van der Waals surface area contributed by atoms with Gasteiger partial charge < -0.3 is 10.1 Å². The number of benzene rings is 2. The SMILES string of the molecule is CS(=O)(=O)c1cccc([C@@H](NC[C@H]2CCCO2)c2ccccc2)c1. The van der Waals surface area contributed by atoms with E-state index in [9.17, 15) is 8.42 Å². The second-order valence-corrected chi connectivity index (χ2v) is 8.25. The van der Waals surface area contributed by atoms with Gasteiger partial charge in [-0.25, -0.2) is 8.42 Å². The molecule has 1 saturated heterocycles. The Hall–Kier alpha value is -1.69. The Morgan fingerprint density at radius 2 is 1.88 bits per heavy atom. The van der Waals surface area contributed by atoms with Gasteiger partial charge in [0.1, 0.15) is 0 Å². The van der Waals surface area contributed by atoms with Crippen LogP contribution in [0.2, 0.25) is 0 Å². The number of ether oxygens (including phenoxy) is 1. The average molecular weight is 345 g/mol. The van der Waals surface area contributed by atoms with Gasteiger partial charge in [-0.3, -0.25) is 0 Å². The second kappa shape index (κ2) is 7.47. The molecule has 1 N–H and O–H groups in total. The minimum atomic E-state index is -3.22. The zero-order valence-electron chi connectivity index (χ0n) is 13.8. The molecule has 0 aliphatic carbocycles. The lowest BCUT2D eigenvalue weighted by Gasteiger charge is -2.22. The zero-order valence-corrected chi connectivity index (χ0v) is 14.6. The number of nitrogens with one attached hydrogen (secondary N) is 1. The molecule has 24 heavy (non-hydrogen) atoms. The fourth-order valence-electron chi connectivity index (χ4n) is 3.05. The summed E-state index contributed by atoms with van der Waals surface area (Å²) in [5.74, 6) is 0. The highest BCUT2D eigenvalue weighted by Gasteiger charge is 2.20. The van der Waals surface area contributed by atoms with Crippen LogP contribution in [0.4, 0.5) is 0 Å². The molecule has 0 amide bonds. The molecule has 1 aliphatic rings. The van der Waals surface area contributed by atoms with Crippen LogP contribution in [0, 0.1) is 0 Å². The first kappa shape index (κ1) is 17.1. The Bertz CT molecular complexity index is 768. The van der Waals surface area contributed by atoms with Crippen LogP contribution < -0.4 is 5.32 Å². The Morgan fingerprint density at radius 1 is 1.12 bits per heavy atom. The van der Waals surface area contributed by atoms with Crippen molar-refractivity contribution in [2.24, 2.45) is 0 Å². The van der Waals surface area contributed by atoms with Gasteiger partial charge in [0, 0.05) is 19.4 Å². The minimum absolute atomic E-state index is 0.0582. The maximum atomic E-state index is 11.9. The number of rotatable bonds is 6. The summed E-state index contributed by atoms with van der Waals surface area (Å²) in [6.45, 7) is 1.58. The Morgan fingerprint density at radius 3 is 2.54 bits per heavy atom. The second-order valence-electron chi connectivity index (χ2n) is 6.23. The smallest absolute Gasteiger partial charge is 0.175 e. The Balaban J connectivity index is 1.89. The van der Waals surface area contributed by atoms with Crippen molar-refractivity contribution in [3.63, 3.8) is 0 Å². The largest absolute Gasteiger partial charge is 0.377 e. The van der Waals surface area contributed by atoms with E-state index >= 15 is 0 Å². The minimum Gasteiger partial charge on any atom is -0.377 e. The van der Waals surface area contributed by atoms with Crippen molar-refractivity contribution in [3.8, 4) is 0 Å². The highest BCUT2D eigenvalue weighted by Crippen LogP contribution is 2.25. The predicted octanol–water partition coefficient (Wildman–Crippen LogP) is 2.95. The van der Waals surface area contributed by atoms with Crippen molar-refractivity contribution in [3.05, 3.63) is 65.7 Å². The van der Waals surface area contributed by atoms with Gasteiger partial charge in [0.25, 0.3) is 0 Å². The highest BCUT2D eigenvalue weighted by atomic mass is 32.2. The van der Waals surface area contributed by atoms with E-state index in [0.29, 0.717) is 4.90 Å². The molecule has 0 unspecified atom stereocenters. The molecule has 0 aromatic heterocycles. The van der Waals surface area contributed by atoms with E-state index in [4.69, 9.17) is 4.74 Å². The first-order valence-electron chi connectivity index (χ1n) is 8.24. The maximum absolute atomic E-state index is 11.9. The summed E-state index contributed by atoms with van der Waals surface area (Å²) < 4.78 is 29.4. The van der Waals surface area contributed by atoms with Crippen LogP contribution in [-0.2, 0) is 14.6 Å². The van der Waals surface area contributed by atoms with Gasteiger partial charge in [-0.05, 0) is 36.1 Å².